The quantitative estimate of drug-likeness (QED) is 0.210. The van der Waals surface area contributed by atoms with E-state index in [2.05, 4.69) is 6.92 Å². The zero-order valence-corrected chi connectivity index (χ0v) is 20.5. The molecule has 0 radical (unpaired) electrons. The van der Waals surface area contributed by atoms with E-state index in [4.69, 9.17) is 9.47 Å². The smallest absolute Gasteiger partial charge is 0.339 e. The third-order valence-corrected chi connectivity index (χ3v) is 5.85. The molecule has 0 N–H and O–H groups in total. The number of esters is 2. The highest BCUT2D eigenvalue weighted by Gasteiger charge is 2.26. The molecule has 0 saturated heterocycles. The maximum atomic E-state index is 12.6. The number of carbonyl (C=O) groups is 2. The van der Waals surface area contributed by atoms with Crippen molar-refractivity contribution in [3.8, 4) is 0 Å². The van der Waals surface area contributed by atoms with Crippen LogP contribution < -0.4 is 0 Å². The van der Waals surface area contributed by atoms with E-state index in [1.54, 1.807) is 24.3 Å². The van der Waals surface area contributed by atoms with Gasteiger partial charge in [0.2, 0.25) is 0 Å². The van der Waals surface area contributed by atoms with Gasteiger partial charge in [0, 0.05) is 0 Å². The van der Waals surface area contributed by atoms with E-state index in [0.717, 1.165) is 12.8 Å². The van der Waals surface area contributed by atoms with Gasteiger partial charge in [-0.2, -0.15) is 0 Å². The lowest BCUT2D eigenvalue weighted by atomic mass is 9.90. The number of hydrogen-bond donors (Lipinski definition) is 0. The van der Waals surface area contributed by atoms with Crippen LogP contribution in [0.4, 0.5) is 0 Å². The molecule has 0 aliphatic rings. The molecule has 0 aromatic heterocycles. The lowest BCUT2D eigenvalue weighted by Crippen LogP contribution is -2.29. The molecule has 0 saturated carbocycles. The van der Waals surface area contributed by atoms with Gasteiger partial charge in [-0.3, -0.25) is 0 Å². The van der Waals surface area contributed by atoms with Gasteiger partial charge in [-0.05, 0) is 30.9 Å². The van der Waals surface area contributed by atoms with Crippen molar-refractivity contribution in [3.63, 3.8) is 0 Å². The SMILES string of the molecule is CCCCCCCCCCCCCOC(=O)c1ccccc1C(=O)OC(C)C(C)(C)C. The van der Waals surface area contributed by atoms with Crippen LogP contribution in [0.2, 0.25) is 0 Å². The first-order chi connectivity index (χ1) is 14.8. The molecule has 4 heteroatoms. The van der Waals surface area contributed by atoms with Crippen molar-refractivity contribution in [2.24, 2.45) is 5.41 Å². The first-order valence-electron chi connectivity index (χ1n) is 12.2. The highest BCUT2D eigenvalue weighted by Crippen LogP contribution is 2.23. The normalized spacial score (nSPS) is 12.4. The van der Waals surface area contributed by atoms with Crippen molar-refractivity contribution in [1.82, 2.24) is 0 Å². The molecule has 0 heterocycles. The molecule has 0 aliphatic carbocycles. The van der Waals surface area contributed by atoms with Crippen molar-refractivity contribution in [2.45, 2.75) is 111 Å². The van der Waals surface area contributed by atoms with Gasteiger partial charge in [-0.25, -0.2) is 9.59 Å². The van der Waals surface area contributed by atoms with Gasteiger partial charge < -0.3 is 9.47 Å². The highest BCUT2D eigenvalue weighted by atomic mass is 16.5. The first kappa shape index (κ1) is 27.2. The van der Waals surface area contributed by atoms with Crippen molar-refractivity contribution < 1.29 is 19.1 Å². The summed E-state index contributed by atoms with van der Waals surface area (Å²) in [4.78, 5) is 25.1. The Hall–Kier alpha value is -1.84. The number of unbranched alkanes of at least 4 members (excludes halogenated alkanes) is 10. The minimum atomic E-state index is -0.482. The summed E-state index contributed by atoms with van der Waals surface area (Å²) in [6.07, 6.45) is 13.5. The molecule has 1 unspecified atom stereocenters. The van der Waals surface area contributed by atoms with Crippen LogP contribution >= 0.6 is 0 Å². The van der Waals surface area contributed by atoms with Gasteiger partial charge in [-0.15, -0.1) is 0 Å². The van der Waals surface area contributed by atoms with E-state index in [9.17, 15) is 9.59 Å². The van der Waals surface area contributed by atoms with Crippen LogP contribution in [0.1, 0.15) is 126 Å². The Morgan fingerprint density at radius 3 is 1.71 bits per heavy atom. The topological polar surface area (TPSA) is 52.6 Å². The molecule has 176 valence electrons. The third-order valence-electron chi connectivity index (χ3n) is 5.85. The molecule has 4 nitrogen and oxygen atoms in total. The Balaban J connectivity index is 2.30. The van der Waals surface area contributed by atoms with E-state index in [1.165, 1.54) is 57.8 Å². The molecule has 0 bridgehead atoms. The standard InChI is InChI=1S/C27H44O4/c1-6-7-8-9-10-11-12-13-14-15-18-21-30-25(28)23-19-16-17-20-24(23)26(29)31-22(2)27(3,4)5/h16-17,19-20,22H,6-15,18,21H2,1-5H3. The van der Waals surface area contributed by atoms with Crippen LogP contribution in [0.25, 0.3) is 0 Å². The Labute approximate surface area is 190 Å². The van der Waals surface area contributed by atoms with Crippen LogP contribution in [-0.4, -0.2) is 24.6 Å². The maximum absolute atomic E-state index is 12.6. The predicted molar refractivity (Wildman–Crippen MR) is 128 cm³/mol. The lowest BCUT2D eigenvalue weighted by molar-refractivity contribution is 0.00437. The summed E-state index contributed by atoms with van der Waals surface area (Å²) in [7, 11) is 0. The van der Waals surface area contributed by atoms with E-state index in [-0.39, 0.29) is 22.6 Å². The molecule has 31 heavy (non-hydrogen) atoms. The van der Waals surface area contributed by atoms with Gasteiger partial charge in [-0.1, -0.05) is 104 Å². The Bertz CT molecular complexity index is 645. The monoisotopic (exact) mass is 432 g/mol. The molecule has 1 aromatic carbocycles. The zero-order valence-electron chi connectivity index (χ0n) is 20.5. The van der Waals surface area contributed by atoms with Crippen LogP contribution in [0.5, 0.6) is 0 Å². The minimum Gasteiger partial charge on any atom is -0.462 e. The minimum absolute atomic E-state index is 0.167. The average molecular weight is 433 g/mol. The molecule has 0 aliphatic heterocycles. The van der Waals surface area contributed by atoms with Gasteiger partial charge in [0.05, 0.1) is 17.7 Å². The maximum Gasteiger partial charge on any atom is 0.339 e. The summed E-state index contributed by atoms with van der Waals surface area (Å²) in [6.45, 7) is 10.5. The lowest BCUT2D eigenvalue weighted by Gasteiger charge is -2.27. The molecule has 1 atom stereocenters. The fraction of sp³-hybridized carbons (Fsp3) is 0.704. The van der Waals surface area contributed by atoms with E-state index >= 15 is 0 Å². The second-order valence-corrected chi connectivity index (χ2v) is 9.63. The molecular formula is C27H44O4. The van der Waals surface area contributed by atoms with Crippen LogP contribution in [0.15, 0.2) is 24.3 Å². The largest absolute Gasteiger partial charge is 0.462 e. The molecular weight excluding hydrogens is 388 g/mol. The average Bonchev–Trinajstić information content (AvgIpc) is 2.73. The summed E-state index contributed by atoms with van der Waals surface area (Å²) in [6, 6.07) is 6.72. The Morgan fingerprint density at radius 1 is 0.774 bits per heavy atom. The molecule has 0 spiro atoms. The number of ether oxygens (including phenoxy) is 2. The zero-order chi connectivity index (χ0) is 23.1. The van der Waals surface area contributed by atoms with Crippen molar-refractivity contribution >= 4 is 11.9 Å². The van der Waals surface area contributed by atoms with E-state index in [0.29, 0.717) is 6.61 Å². The van der Waals surface area contributed by atoms with Crippen molar-refractivity contribution in [3.05, 3.63) is 35.4 Å². The van der Waals surface area contributed by atoms with Crippen LogP contribution in [0.3, 0.4) is 0 Å². The molecule has 1 rings (SSSR count). The number of rotatable bonds is 15. The summed E-state index contributed by atoms with van der Waals surface area (Å²) in [5.41, 5.74) is 0.374. The third kappa shape index (κ3) is 11.4. The Morgan fingerprint density at radius 2 is 1.23 bits per heavy atom. The van der Waals surface area contributed by atoms with Gasteiger partial charge >= 0.3 is 11.9 Å². The van der Waals surface area contributed by atoms with E-state index in [1.807, 2.05) is 27.7 Å². The van der Waals surface area contributed by atoms with E-state index < -0.39 is 11.9 Å². The summed E-state index contributed by atoms with van der Waals surface area (Å²) >= 11 is 0. The molecule has 0 fully saturated rings. The summed E-state index contributed by atoms with van der Waals surface area (Å²) in [5, 5.41) is 0. The number of carbonyl (C=O) groups excluding carboxylic acids is 2. The summed E-state index contributed by atoms with van der Waals surface area (Å²) in [5.74, 6) is -0.937. The molecule has 1 aromatic rings. The second-order valence-electron chi connectivity index (χ2n) is 9.63. The number of benzene rings is 1. The van der Waals surface area contributed by atoms with Gasteiger partial charge in [0.1, 0.15) is 6.10 Å². The highest BCUT2D eigenvalue weighted by molar-refractivity contribution is 6.03. The van der Waals surface area contributed by atoms with Crippen molar-refractivity contribution in [1.29, 1.82) is 0 Å². The van der Waals surface area contributed by atoms with Gasteiger partial charge in [0.15, 0.2) is 0 Å². The fourth-order valence-electron chi connectivity index (χ4n) is 3.25. The van der Waals surface area contributed by atoms with Crippen LogP contribution in [-0.2, 0) is 9.47 Å². The number of hydrogen-bond acceptors (Lipinski definition) is 4. The predicted octanol–water partition coefficient (Wildman–Crippen LogP) is 7.75. The first-order valence-corrected chi connectivity index (χ1v) is 12.2. The Kier molecular flexibility index (Phi) is 13.2. The van der Waals surface area contributed by atoms with Gasteiger partial charge in [0.25, 0.3) is 0 Å². The van der Waals surface area contributed by atoms with Crippen LogP contribution in [0, 0.1) is 5.41 Å². The summed E-state index contributed by atoms with van der Waals surface area (Å²) < 4.78 is 11.0. The van der Waals surface area contributed by atoms with Crippen molar-refractivity contribution in [2.75, 3.05) is 6.61 Å². The molecule has 0 amide bonds. The fourth-order valence-corrected chi connectivity index (χ4v) is 3.25. The second kappa shape index (κ2) is 15.0.